The van der Waals surface area contributed by atoms with Crippen LogP contribution in [-0.2, 0) is 7.05 Å². The van der Waals surface area contributed by atoms with Gasteiger partial charge in [0.05, 0.1) is 5.69 Å². The smallest absolute Gasteiger partial charge is 0.0641 e. The number of hydrogen-bond acceptors (Lipinski definition) is 2. The average molecular weight is 235 g/mol. The second-order valence-corrected chi connectivity index (χ2v) is 5.96. The Labute approximate surface area is 105 Å². The summed E-state index contributed by atoms with van der Waals surface area (Å²) in [5.74, 6) is 0. The minimum atomic E-state index is 0.404. The van der Waals surface area contributed by atoms with Crippen LogP contribution in [0.5, 0.6) is 0 Å². The van der Waals surface area contributed by atoms with Crippen LogP contribution < -0.4 is 5.32 Å². The molecule has 2 rings (SSSR count). The van der Waals surface area contributed by atoms with Crippen molar-refractivity contribution in [2.24, 2.45) is 12.5 Å². The van der Waals surface area contributed by atoms with Crippen molar-refractivity contribution in [3.63, 3.8) is 0 Å². The molecule has 3 nitrogen and oxygen atoms in total. The van der Waals surface area contributed by atoms with Crippen molar-refractivity contribution in [2.45, 2.75) is 52.5 Å². The van der Waals surface area contributed by atoms with Crippen LogP contribution in [0.25, 0.3) is 0 Å². The molecule has 1 aromatic heterocycles. The summed E-state index contributed by atoms with van der Waals surface area (Å²) in [6.45, 7) is 7.87. The molecule has 3 heteroatoms. The Bertz CT molecular complexity index is 375. The van der Waals surface area contributed by atoms with E-state index in [2.05, 4.69) is 37.4 Å². The summed E-state index contributed by atoms with van der Waals surface area (Å²) in [4.78, 5) is 0. The predicted octanol–water partition coefficient (Wildman–Crippen LogP) is 2.96. The van der Waals surface area contributed by atoms with E-state index in [-0.39, 0.29) is 0 Å². The molecular formula is C14H25N3. The second kappa shape index (κ2) is 4.81. The summed E-state index contributed by atoms with van der Waals surface area (Å²) in [7, 11) is 1.99. The SMILES string of the molecule is Cc1nn(C)cc1C(C)NCC1(C)CCCC1. The molecule has 1 aliphatic rings. The number of nitrogens with one attached hydrogen (secondary N) is 1. The van der Waals surface area contributed by atoms with Gasteiger partial charge in [0, 0.05) is 31.4 Å². The molecular weight excluding hydrogens is 210 g/mol. The van der Waals surface area contributed by atoms with Gasteiger partial charge in [-0.3, -0.25) is 4.68 Å². The highest BCUT2D eigenvalue weighted by atomic mass is 15.3. The van der Waals surface area contributed by atoms with Crippen LogP contribution in [0.3, 0.4) is 0 Å². The van der Waals surface area contributed by atoms with Crippen LogP contribution in [0.4, 0.5) is 0 Å². The first kappa shape index (κ1) is 12.6. The van der Waals surface area contributed by atoms with E-state index < -0.39 is 0 Å². The van der Waals surface area contributed by atoms with Crippen LogP contribution in [0, 0.1) is 12.3 Å². The van der Waals surface area contributed by atoms with Gasteiger partial charge in [0.15, 0.2) is 0 Å². The molecule has 1 aromatic rings. The summed E-state index contributed by atoms with van der Waals surface area (Å²) in [6, 6.07) is 0.404. The van der Waals surface area contributed by atoms with Crippen molar-refractivity contribution >= 4 is 0 Å². The fraction of sp³-hybridized carbons (Fsp3) is 0.786. The molecule has 0 saturated heterocycles. The standard InChI is InChI=1S/C14H25N3/c1-11(13-9-17(4)16-12(13)2)15-10-14(3)7-5-6-8-14/h9,11,15H,5-8,10H2,1-4H3. The van der Waals surface area contributed by atoms with Gasteiger partial charge in [-0.2, -0.15) is 5.10 Å². The monoisotopic (exact) mass is 235 g/mol. The third-order valence-corrected chi connectivity index (χ3v) is 4.16. The second-order valence-electron chi connectivity index (χ2n) is 5.96. The normalized spacial score (nSPS) is 20.7. The molecule has 0 aromatic carbocycles. The summed E-state index contributed by atoms with van der Waals surface area (Å²) >= 11 is 0. The van der Waals surface area contributed by atoms with Crippen LogP contribution in [-0.4, -0.2) is 16.3 Å². The molecule has 0 aliphatic heterocycles. The summed E-state index contributed by atoms with van der Waals surface area (Å²) in [5, 5.41) is 8.09. The quantitative estimate of drug-likeness (QED) is 0.869. The fourth-order valence-electron chi connectivity index (χ4n) is 2.96. The average Bonchev–Trinajstić information content (AvgIpc) is 2.83. The van der Waals surface area contributed by atoms with Gasteiger partial charge in [0.2, 0.25) is 0 Å². The lowest BCUT2D eigenvalue weighted by atomic mass is 9.88. The molecule has 0 bridgehead atoms. The van der Waals surface area contributed by atoms with E-state index in [0.717, 1.165) is 12.2 Å². The Kier molecular flexibility index (Phi) is 3.57. The van der Waals surface area contributed by atoms with Crippen molar-refractivity contribution in [3.8, 4) is 0 Å². The van der Waals surface area contributed by atoms with Crippen LogP contribution >= 0.6 is 0 Å². The number of aromatic nitrogens is 2. The minimum absolute atomic E-state index is 0.404. The Morgan fingerprint density at radius 1 is 1.47 bits per heavy atom. The molecule has 0 radical (unpaired) electrons. The highest BCUT2D eigenvalue weighted by Crippen LogP contribution is 2.37. The highest BCUT2D eigenvalue weighted by Gasteiger charge is 2.28. The molecule has 17 heavy (non-hydrogen) atoms. The molecule has 1 N–H and O–H groups in total. The summed E-state index contributed by atoms with van der Waals surface area (Å²) < 4.78 is 1.90. The predicted molar refractivity (Wildman–Crippen MR) is 70.9 cm³/mol. The van der Waals surface area contributed by atoms with Crippen LogP contribution in [0.2, 0.25) is 0 Å². The van der Waals surface area contributed by atoms with Crippen molar-refractivity contribution < 1.29 is 0 Å². The van der Waals surface area contributed by atoms with Gasteiger partial charge in [-0.15, -0.1) is 0 Å². The third-order valence-electron chi connectivity index (χ3n) is 4.16. The maximum Gasteiger partial charge on any atom is 0.0641 e. The number of hydrogen-bond donors (Lipinski definition) is 1. The van der Waals surface area contributed by atoms with Crippen molar-refractivity contribution in [1.29, 1.82) is 0 Å². The number of aryl methyl sites for hydroxylation is 2. The van der Waals surface area contributed by atoms with Gasteiger partial charge in [-0.25, -0.2) is 0 Å². The lowest BCUT2D eigenvalue weighted by molar-refractivity contribution is 0.301. The van der Waals surface area contributed by atoms with Gasteiger partial charge >= 0.3 is 0 Å². The van der Waals surface area contributed by atoms with Gasteiger partial charge in [-0.05, 0) is 32.1 Å². The lowest BCUT2D eigenvalue weighted by Crippen LogP contribution is -2.31. The highest BCUT2D eigenvalue weighted by molar-refractivity contribution is 5.19. The molecule has 1 fully saturated rings. The fourth-order valence-corrected chi connectivity index (χ4v) is 2.96. The zero-order valence-corrected chi connectivity index (χ0v) is 11.6. The van der Waals surface area contributed by atoms with Gasteiger partial charge in [0.25, 0.3) is 0 Å². The number of rotatable bonds is 4. The topological polar surface area (TPSA) is 29.9 Å². The van der Waals surface area contributed by atoms with Crippen molar-refractivity contribution in [1.82, 2.24) is 15.1 Å². The Hall–Kier alpha value is -0.830. The van der Waals surface area contributed by atoms with Gasteiger partial charge in [0.1, 0.15) is 0 Å². The molecule has 1 atom stereocenters. The molecule has 1 aliphatic carbocycles. The van der Waals surface area contributed by atoms with Gasteiger partial charge in [-0.1, -0.05) is 19.8 Å². The van der Waals surface area contributed by atoms with E-state index in [1.807, 2.05) is 11.7 Å². The summed E-state index contributed by atoms with van der Waals surface area (Å²) in [6.07, 6.45) is 7.68. The largest absolute Gasteiger partial charge is 0.310 e. The van der Waals surface area contributed by atoms with Crippen LogP contribution in [0.15, 0.2) is 6.20 Å². The molecule has 1 saturated carbocycles. The molecule has 96 valence electrons. The van der Waals surface area contributed by atoms with E-state index >= 15 is 0 Å². The maximum atomic E-state index is 4.41. The zero-order valence-electron chi connectivity index (χ0n) is 11.6. The molecule has 1 unspecified atom stereocenters. The Balaban J connectivity index is 1.93. The minimum Gasteiger partial charge on any atom is -0.310 e. The van der Waals surface area contributed by atoms with E-state index in [9.17, 15) is 0 Å². The molecule has 0 amide bonds. The Morgan fingerprint density at radius 2 is 2.12 bits per heavy atom. The first-order valence-electron chi connectivity index (χ1n) is 6.74. The van der Waals surface area contributed by atoms with Gasteiger partial charge < -0.3 is 5.32 Å². The summed E-state index contributed by atoms with van der Waals surface area (Å²) in [5.41, 5.74) is 2.99. The van der Waals surface area contributed by atoms with E-state index in [1.165, 1.54) is 31.2 Å². The lowest BCUT2D eigenvalue weighted by Gasteiger charge is -2.26. The van der Waals surface area contributed by atoms with Crippen LogP contribution in [0.1, 0.15) is 56.8 Å². The number of nitrogens with zero attached hydrogens (tertiary/aromatic N) is 2. The first-order chi connectivity index (χ1) is 8.00. The van der Waals surface area contributed by atoms with E-state index in [4.69, 9.17) is 0 Å². The maximum absolute atomic E-state index is 4.41. The third kappa shape index (κ3) is 2.89. The van der Waals surface area contributed by atoms with Crippen molar-refractivity contribution in [2.75, 3.05) is 6.54 Å². The zero-order chi connectivity index (χ0) is 12.5. The molecule has 1 heterocycles. The molecule has 0 spiro atoms. The van der Waals surface area contributed by atoms with E-state index in [0.29, 0.717) is 11.5 Å². The van der Waals surface area contributed by atoms with Crippen molar-refractivity contribution in [3.05, 3.63) is 17.5 Å². The first-order valence-corrected chi connectivity index (χ1v) is 6.74. The van der Waals surface area contributed by atoms with E-state index in [1.54, 1.807) is 0 Å². The Morgan fingerprint density at radius 3 is 2.65 bits per heavy atom.